The Kier molecular flexibility index (Phi) is 8.55. The maximum Gasteiger partial charge on any atom is 0.266 e. The number of benzene rings is 3. The molecule has 6 nitrogen and oxygen atoms in total. The van der Waals surface area contributed by atoms with Crippen LogP contribution in [0, 0.1) is 18.3 Å². The van der Waals surface area contributed by atoms with Gasteiger partial charge in [0.25, 0.3) is 11.8 Å². The highest BCUT2D eigenvalue weighted by Gasteiger charge is 2.14. The number of nitrogens with zero attached hydrogens (tertiary/aromatic N) is 1. The monoisotopic (exact) mass is 513 g/mol. The number of hydrogen-bond acceptors (Lipinski definition) is 4. The summed E-state index contributed by atoms with van der Waals surface area (Å²) in [5.41, 5.74) is 2.45. The second-order valence-electron chi connectivity index (χ2n) is 7.15. The van der Waals surface area contributed by atoms with E-state index in [4.69, 9.17) is 39.5 Å². The molecule has 0 atom stereocenters. The maximum absolute atomic E-state index is 12.4. The second kappa shape index (κ2) is 11.6. The number of carbonyl (C=O) groups is 2. The number of rotatable bonds is 7. The predicted molar refractivity (Wildman–Crippen MR) is 135 cm³/mol. The van der Waals surface area contributed by atoms with Crippen LogP contribution < -0.4 is 15.4 Å². The number of carbonyl (C=O) groups excluding carboxylic acids is 2. The first-order valence-electron chi connectivity index (χ1n) is 9.92. The standard InChI is InChI=1S/C25H18Cl3N3O3/c1-15-2-6-19(7-3-15)30-23(32)14-34-24-21(27)11-16(12-22(24)28)10-17(13-29)25(33)31-20-8-4-18(26)5-9-20/h2-12H,14H2,1H3,(H,30,32)(H,31,33)/b17-10+. The van der Waals surface area contributed by atoms with Gasteiger partial charge in [-0.15, -0.1) is 0 Å². The summed E-state index contributed by atoms with van der Waals surface area (Å²) in [6.45, 7) is 1.64. The zero-order chi connectivity index (χ0) is 24.7. The molecular weight excluding hydrogens is 497 g/mol. The Morgan fingerprint density at radius 2 is 1.50 bits per heavy atom. The third-order valence-electron chi connectivity index (χ3n) is 4.48. The van der Waals surface area contributed by atoms with E-state index in [-0.39, 0.29) is 33.9 Å². The van der Waals surface area contributed by atoms with E-state index >= 15 is 0 Å². The number of anilines is 2. The second-order valence-corrected chi connectivity index (χ2v) is 8.40. The smallest absolute Gasteiger partial charge is 0.266 e. The molecule has 0 heterocycles. The molecule has 0 unspecified atom stereocenters. The van der Waals surface area contributed by atoms with Gasteiger partial charge in [-0.2, -0.15) is 5.26 Å². The Morgan fingerprint density at radius 1 is 0.941 bits per heavy atom. The van der Waals surface area contributed by atoms with Gasteiger partial charge in [-0.25, -0.2) is 0 Å². The Bertz CT molecular complexity index is 1260. The van der Waals surface area contributed by atoms with Crippen LogP contribution in [-0.4, -0.2) is 18.4 Å². The molecule has 0 aliphatic heterocycles. The third-order valence-corrected chi connectivity index (χ3v) is 5.30. The highest BCUT2D eigenvalue weighted by Crippen LogP contribution is 2.35. The summed E-state index contributed by atoms with van der Waals surface area (Å²) in [6.07, 6.45) is 1.34. The Balaban J connectivity index is 1.68. The van der Waals surface area contributed by atoms with Gasteiger partial charge in [0.15, 0.2) is 12.4 Å². The van der Waals surface area contributed by atoms with Gasteiger partial charge in [0, 0.05) is 16.4 Å². The molecule has 0 spiro atoms. The number of hydrogen-bond donors (Lipinski definition) is 2. The fourth-order valence-electron chi connectivity index (χ4n) is 2.82. The molecule has 3 rings (SSSR count). The van der Waals surface area contributed by atoms with E-state index in [1.807, 2.05) is 25.1 Å². The summed E-state index contributed by atoms with van der Waals surface area (Å²) in [4.78, 5) is 24.6. The van der Waals surface area contributed by atoms with Crippen LogP contribution >= 0.6 is 34.8 Å². The van der Waals surface area contributed by atoms with Gasteiger partial charge >= 0.3 is 0 Å². The minimum Gasteiger partial charge on any atom is -0.481 e. The Hall–Kier alpha value is -3.50. The van der Waals surface area contributed by atoms with Crippen LogP contribution in [0.15, 0.2) is 66.2 Å². The number of halogens is 3. The van der Waals surface area contributed by atoms with Crippen molar-refractivity contribution in [1.29, 1.82) is 5.26 Å². The fraction of sp³-hybridized carbons (Fsp3) is 0.0800. The number of amides is 2. The molecule has 0 fully saturated rings. The van der Waals surface area contributed by atoms with Gasteiger partial charge in [0.05, 0.1) is 10.0 Å². The molecule has 0 aliphatic carbocycles. The summed E-state index contributed by atoms with van der Waals surface area (Å²) in [5, 5.41) is 15.5. The van der Waals surface area contributed by atoms with Crippen molar-refractivity contribution in [2.75, 3.05) is 17.2 Å². The zero-order valence-electron chi connectivity index (χ0n) is 17.9. The van der Waals surface area contributed by atoms with Crippen LogP contribution in [0.1, 0.15) is 11.1 Å². The van der Waals surface area contributed by atoms with Gasteiger partial charge < -0.3 is 15.4 Å². The van der Waals surface area contributed by atoms with Crippen molar-refractivity contribution in [3.05, 3.63) is 92.4 Å². The molecule has 3 aromatic rings. The minimum absolute atomic E-state index is 0.115. The molecule has 172 valence electrons. The van der Waals surface area contributed by atoms with Crippen LogP contribution in [0.4, 0.5) is 11.4 Å². The van der Waals surface area contributed by atoms with E-state index in [1.54, 1.807) is 36.4 Å². The van der Waals surface area contributed by atoms with E-state index in [1.165, 1.54) is 18.2 Å². The Labute approximate surface area is 211 Å². The lowest BCUT2D eigenvalue weighted by atomic mass is 10.1. The quantitative estimate of drug-likeness (QED) is 0.277. The average molecular weight is 515 g/mol. The van der Waals surface area contributed by atoms with Crippen molar-refractivity contribution in [2.45, 2.75) is 6.92 Å². The van der Waals surface area contributed by atoms with Crippen molar-refractivity contribution in [3.8, 4) is 11.8 Å². The van der Waals surface area contributed by atoms with Crippen LogP contribution in [0.25, 0.3) is 6.08 Å². The van der Waals surface area contributed by atoms with Gasteiger partial charge in [-0.1, -0.05) is 52.5 Å². The minimum atomic E-state index is -0.606. The lowest BCUT2D eigenvalue weighted by molar-refractivity contribution is -0.118. The summed E-state index contributed by atoms with van der Waals surface area (Å²) in [6, 6.07) is 18.6. The summed E-state index contributed by atoms with van der Waals surface area (Å²) < 4.78 is 5.50. The molecule has 34 heavy (non-hydrogen) atoms. The number of nitriles is 1. The van der Waals surface area contributed by atoms with Crippen LogP contribution in [0.3, 0.4) is 0 Å². The SMILES string of the molecule is Cc1ccc(NC(=O)COc2c(Cl)cc(/C=C(\C#N)C(=O)Nc3ccc(Cl)cc3)cc2Cl)cc1. The normalized spacial score (nSPS) is 10.9. The van der Waals surface area contributed by atoms with Crippen LogP contribution in [0.2, 0.25) is 15.1 Å². The Morgan fingerprint density at radius 3 is 2.09 bits per heavy atom. The molecule has 0 saturated heterocycles. The van der Waals surface area contributed by atoms with E-state index in [9.17, 15) is 14.9 Å². The zero-order valence-corrected chi connectivity index (χ0v) is 20.1. The highest BCUT2D eigenvalue weighted by atomic mass is 35.5. The first-order chi connectivity index (χ1) is 16.2. The van der Waals surface area contributed by atoms with E-state index in [0.29, 0.717) is 22.0 Å². The molecular formula is C25H18Cl3N3O3. The van der Waals surface area contributed by atoms with E-state index in [0.717, 1.165) is 5.56 Å². The summed E-state index contributed by atoms with van der Waals surface area (Å²) >= 11 is 18.4. The molecule has 0 saturated carbocycles. The van der Waals surface area contributed by atoms with E-state index < -0.39 is 5.91 Å². The van der Waals surface area contributed by atoms with Crippen LogP contribution in [-0.2, 0) is 9.59 Å². The van der Waals surface area contributed by atoms with E-state index in [2.05, 4.69) is 10.6 Å². The third kappa shape index (κ3) is 7.00. The molecule has 3 aromatic carbocycles. The molecule has 0 bridgehead atoms. The van der Waals surface area contributed by atoms with Crippen molar-refractivity contribution in [1.82, 2.24) is 0 Å². The number of aryl methyl sites for hydroxylation is 1. The maximum atomic E-state index is 12.4. The summed E-state index contributed by atoms with van der Waals surface area (Å²) in [7, 11) is 0. The molecule has 2 N–H and O–H groups in total. The molecule has 0 aromatic heterocycles. The van der Waals surface area contributed by atoms with Crippen molar-refractivity contribution >= 4 is 64.1 Å². The largest absolute Gasteiger partial charge is 0.481 e. The first kappa shape index (κ1) is 25.1. The lowest BCUT2D eigenvalue weighted by Gasteiger charge is -2.11. The van der Waals surface area contributed by atoms with Gasteiger partial charge in [0.2, 0.25) is 0 Å². The number of nitrogens with one attached hydrogen (secondary N) is 2. The number of ether oxygens (including phenoxy) is 1. The van der Waals surface area contributed by atoms with Crippen molar-refractivity contribution < 1.29 is 14.3 Å². The van der Waals surface area contributed by atoms with Gasteiger partial charge in [-0.05, 0) is 67.1 Å². The molecule has 2 amide bonds. The van der Waals surface area contributed by atoms with Crippen LogP contribution in [0.5, 0.6) is 5.75 Å². The summed E-state index contributed by atoms with van der Waals surface area (Å²) in [5.74, 6) is -0.876. The van der Waals surface area contributed by atoms with Gasteiger partial charge in [-0.3, -0.25) is 9.59 Å². The topological polar surface area (TPSA) is 91.2 Å². The average Bonchev–Trinajstić information content (AvgIpc) is 2.80. The fourth-order valence-corrected chi connectivity index (χ4v) is 3.56. The van der Waals surface area contributed by atoms with Crippen molar-refractivity contribution in [2.24, 2.45) is 0 Å². The predicted octanol–water partition coefficient (Wildman–Crippen LogP) is 6.52. The van der Waals surface area contributed by atoms with Gasteiger partial charge in [0.1, 0.15) is 11.6 Å². The lowest BCUT2D eigenvalue weighted by Crippen LogP contribution is -2.20. The molecule has 9 heteroatoms. The molecule has 0 aliphatic rings. The molecule has 0 radical (unpaired) electrons. The van der Waals surface area contributed by atoms with Crippen molar-refractivity contribution in [3.63, 3.8) is 0 Å². The first-order valence-corrected chi connectivity index (χ1v) is 11.1. The highest BCUT2D eigenvalue weighted by molar-refractivity contribution is 6.37.